The third kappa shape index (κ3) is 2.79. The zero-order valence-electron chi connectivity index (χ0n) is 12.0. The van der Waals surface area contributed by atoms with Crippen LogP contribution in [0.25, 0.3) is 0 Å². The van der Waals surface area contributed by atoms with Gasteiger partial charge < -0.3 is 10.6 Å². The molecule has 2 heterocycles. The number of likely N-dealkylation sites (N-methyl/N-ethyl adjacent to an activating group) is 1. The van der Waals surface area contributed by atoms with Gasteiger partial charge in [0.05, 0.1) is 28.6 Å². The van der Waals surface area contributed by atoms with Crippen molar-refractivity contribution in [3.63, 3.8) is 0 Å². The van der Waals surface area contributed by atoms with Crippen LogP contribution in [0.4, 0.5) is 5.69 Å². The Hall–Kier alpha value is -1.57. The highest BCUT2D eigenvalue weighted by molar-refractivity contribution is 7.91. The van der Waals surface area contributed by atoms with E-state index in [1.54, 1.807) is 18.7 Å². The fourth-order valence-electron chi connectivity index (χ4n) is 2.39. The first-order valence-corrected chi connectivity index (χ1v) is 8.29. The van der Waals surface area contributed by atoms with E-state index in [2.05, 4.69) is 5.10 Å². The Morgan fingerprint density at radius 3 is 2.60 bits per heavy atom. The first-order chi connectivity index (χ1) is 9.21. The molecule has 0 saturated carbocycles. The second-order valence-corrected chi connectivity index (χ2v) is 7.53. The lowest BCUT2D eigenvalue weighted by atomic mass is 10.2. The van der Waals surface area contributed by atoms with Gasteiger partial charge in [-0.3, -0.25) is 9.48 Å². The summed E-state index contributed by atoms with van der Waals surface area (Å²) in [5.74, 6) is 0.0501. The number of anilines is 1. The average Bonchev–Trinajstić information content (AvgIpc) is 2.84. The van der Waals surface area contributed by atoms with Crippen molar-refractivity contribution in [2.45, 2.75) is 32.9 Å². The van der Waals surface area contributed by atoms with Crippen molar-refractivity contribution in [3.05, 3.63) is 11.4 Å². The van der Waals surface area contributed by atoms with E-state index < -0.39 is 9.84 Å². The maximum Gasteiger partial charge on any atom is 0.244 e. The predicted octanol–water partition coefficient (Wildman–Crippen LogP) is -0.272. The number of rotatable bonds is 3. The van der Waals surface area contributed by atoms with Crippen LogP contribution in [0.2, 0.25) is 0 Å². The first-order valence-electron chi connectivity index (χ1n) is 6.47. The molecule has 7 nitrogen and oxygen atoms in total. The fourth-order valence-corrected chi connectivity index (χ4v) is 4.16. The summed E-state index contributed by atoms with van der Waals surface area (Å²) in [6.45, 7) is 3.68. The molecule has 0 bridgehead atoms. The number of aryl methyl sites for hydroxylation is 1. The number of nitrogens with zero attached hydrogens (tertiary/aromatic N) is 3. The molecule has 1 saturated heterocycles. The highest BCUT2D eigenvalue weighted by Gasteiger charge is 2.32. The van der Waals surface area contributed by atoms with Crippen LogP contribution in [-0.4, -0.2) is 53.6 Å². The Morgan fingerprint density at radius 2 is 2.15 bits per heavy atom. The normalized spacial score (nSPS) is 21.1. The van der Waals surface area contributed by atoms with Crippen molar-refractivity contribution in [3.8, 4) is 0 Å². The molecule has 2 N–H and O–H groups in total. The van der Waals surface area contributed by atoms with E-state index in [0.717, 1.165) is 5.69 Å². The minimum atomic E-state index is -2.99. The maximum atomic E-state index is 12.2. The summed E-state index contributed by atoms with van der Waals surface area (Å²) in [4.78, 5) is 13.7. The Bertz CT molecular complexity index is 635. The summed E-state index contributed by atoms with van der Waals surface area (Å²) >= 11 is 0. The van der Waals surface area contributed by atoms with Gasteiger partial charge in [0.1, 0.15) is 6.54 Å². The van der Waals surface area contributed by atoms with Crippen LogP contribution >= 0.6 is 0 Å². The average molecular weight is 300 g/mol. The molecule has 8 heteroatoms. The van der Waals surface area contributed by atoms with E-state index in [-0.39, 0.29) is 30.0 Å². The van der Waals surface area contributed by atoms with Crippen LogP contribution in [0.1, 0.15) is 17.8 Å². The number of carbonyl (C=O) groups excluding carboxylic acids is 1. The number of hydrogen-bond donors (Lipinski definition) is 1. The van der Waals surface area contributed by atoms with Gasteiger partial charge in [0.15, 0.2) is 9.84 Å². The van der Waals surface area contributed by atoms with Crippen LogP contribution in [-0.2, 0) is 21.2 Å². The number of nitrogens with two attached hydrogens (primary N) is 1. The summed E-state index contributed by atoms with van der Waals surface area (Å²) in [5.41, 5.74) is 7.86. The third-order valence-electron chi connectivity index (χ3n) is 3.87. The van der Waals surface area contributed by atoms with Gasteiger partial charge in [-0.15, -0.1) is 0 Å². The van der Waals surface area contributed by atoms with Gasteiger partial charge in [-0.05, 0) is 20.3 Å². The molecule has 0 radical (unpaired) electrons. The predicted molar refractivity (Wildman–Crippen MR) is 75.9 cm³/mol. The Morgan fingerprint density at radius 1 is 1.50 bits per heavy atom. The van der Waals surface area contributed by atoms with Crippen molar-refractivity contribution >= 4 is 21.4 Å². The molecule has 0 aromatic carbocycles. The largest absolute Gasteiger partial charge is 0.396 e. The molecule has 1 fully saturated rings. The zero-order valence-corrected chi connectivity index (χ0v) is 12.8. The molecular weight excluding hydrogens is 280 g/mol. The number of carbonyl (C=O) groups is 1. The fraction of sp³-hybridized carbons (Fsp3) is 0.667. The van der Waals surface area contributed by atoms with Crippen molar-refractivity contribution < 1.29 is 13.2 Å². The number of hydrogen-bond acceptors (Lipinski definition) is 5. The Labute approximate surface area is 118 Å². The monoisotopic (exact) mass is 300 g/mol. The quantitative estimate of drug-likeness (QED) is 0.828. The highest BCUT2D eigenvalue weighted by Crippen LogP contribution is 2.18. The number of nitrogen functional groups attached to an aromatic ring is 1. The molecule has 1 unspecified atom stereocenters. The summed E-state index contributed by atoms with van der Waals surface area (Å²) < 4.78 is 24.5. The molecule has 0 aliphatic carbocycles. The van der Waals surface area contributed by atoms with Crippen molar-refractivity contribution in [2.75, 3.05) is 24.3 Å². The van der Waals surface area contributed by atoms with Crippen molar-refractivity contribution in [2.24, 2.45) is 0 Å². The molecule has 1 aliphatic heterocycles. The number of sulfone groups is 1. The molecule has 1 atom stereocenters. The Kier molecular flexibility index (Phi) is 3.77. The van der Waals surface area contributed by atoms with Gasteiger partial charge in [0, 0.05) is 13.1 Å². The van der Waals surface area contributed by atoms with E-state index in [1.165, 1.54) is 4.90 Å². The van der Waals surface area contributed by atoms with Crippen LogP contribution in [0.15, 0.2) is 0 Å². The smallest absolute Gasteiger partial charge is 0.244 e. The van der Waals surface area contributed by atoms with E-state index in [9.17, 15) is 13.2 Å². The SMILES string of the molecule is Cc1nn(CC(=O)N(C)C2CCS(=O)(=O)C2)c(C)c1N. The maximum absolute atomic E-state index is 12.2. The minimum Gasteiger partial charge on any atom is -0.396 e. The standard InChI is InChI=1S/C12H20N4O3S/c1-8-12(13)9(2)16(14-8)6-11(17)15(3)10-4-5-20(18,19)7-10/h10H,4-7,13H2,1-3H3. The lowest BCUT2D eigenvalue weighted by Crippen LogP contribution is -2.40. The Balaban J connectivity index is 2.07. The summed E-state index contributed by atoms with van der Waals surface area (Å²) in [6, 6.07) is -0.234. The van der Waals surface area contributed by atoms with Crippen LogP contribution in [0, 0.1) is 13.8 Å². The number of amides is 1. The van der Waals surface area contributed by atoms with Crippen LogP contribution in [0.3, 0.4) is 0 Å². The van der Waals surface area contributed by atoms with Gasteiger partial charge in [-0.1, -0.05) is 0 Å². The van der Waals surface area contributed by atoms with Crippen molar-refractivity contribution in [1.82, 2.24) is 14.7 Å². The highest BCUT2D eigenvalue weighted by atomic mass is 32.2. The lowest BCUT2D eigenvalue weighted by Gasteiger charge is -2.23. The second kappa shape index (κ2) is 5.08. The topological polar surface area (TPSA) is 98.3 Å². The van der Waals surface area contributed by atoms with Gasteiger partial charge in [0.2, 0.25) is 5.91 Å². The number of aromatic nitrogens is 2. The van der Waals surface area contributed by atoms with Crippen molar-refractivity contribution in [1.29, 1.82) is 0 Å². The summed E-state index contributed by atoms with van der Waals surface area (Å²) in [7, 11) is -1.35. The molecule has 2 rings (SSSR count). The third-order valence-corrected chi connectivity index (χ3v) is 5.62. The summed E-state index contributed by atoms with van der Waals surface area (Å²) in [5, 5.41) is 4.21. The van der Waals surface area contributed by atoms with Gasteiger partial charge in [0.25, 0.3) is 0 Å². The summed E-state index contributed by atoms with van der Waals surface area (Å²) in [6.07, 6.45) is 0.504. The van der Waals surface area contributed by atoms with E-state index >= 15 is 0 Å². The molecule has 1 aromatic heterocycles. The van der Waals surface area contributed by atoms with Gasteiger partial charge in [-0.25, -0.2) is 8.42 Å². The molecule has 20 heavy (non-hydrogen) atoms. The van der Waals surface area contributed by atoms with Crippen LogP contribution in [0.5, 0.6) is 0 Å². The van der Waals surface area contributed by atoms with E-state index in [4.69, 9.17) is 5.73 Å². The first kappa shape index (κ1) is 14.8. The molecule has 1 aliphatic rings. The molecule has 1 amide bonds. The van der Waals surface area contributed by atoms with E-state index in [0.29, 0.717) is 17.8 Å². The molecule has 1 aromatic rings. The van der Waals surface area contributed by atoms with Gasteiger partial charge >= 0.3 is 0 Å². The zero-order chi connectivity index (χ0) is 15.1. The second-order valence-electron chi connectivity index (χ2n) is 5.30. The van der Waals surface area contributed by atoms with E-state index in [1.807, 2.05) is 6.92 Å². The minimum absolute atomic E-state index is 0.0501. The van der Waals surface area contributed by atoms with Gasteiger partial charge in [-0.2, -0.15) is 5.10 Å². The van der Waals surface area contributed by atoms with Crippen LogP contribution < -0.4 is 5.73 Å². The lowest BCUT2D eigenvalue weighted by molar-refractivity contribution is -0.132. The molecule has 112 valence electrons. The molecule has 0 spiro atoms. The molecular formula is C12H20N4O3S.